The van der Waals surface area contributed by atoms with Crippen molar-refractivity contribution >= 4 is 5.91 Å². The van der Waals surface area contributed by atoms with Crippen molar-refractivity contribution in [2.75, 3.05) is 46.4 Å². The number of likely N-dealkylation sites (tertiary alicyclic amines) is 2. The third kappa shape index (κ3) is 4.75. The highest BCUT2D eigenvalue weighted by Gasteiger charge is 2.37. The smallest absolute Gasteiger partial charge is 0.253 e. The molecule has 1 aromatic carbocycles. The molecule has 0 unspecified atom stereocenters. The van der Waals surface area contributed by atoms with Gasteiger partial charge in [0.05, 0.1) is 12.7 Å². The summed E-state index contributed by atoms with van der Waals surface area (Å²) in [5, 5.41) is 0. The molecule has 0 bridgehead atoms. The van der Waals surface area contributed by atoms with Crippen molar-refractivity contribution in [1.29, 1.82) is 0 Å². The fourth-order valence-corrected chi connectivity index (χ4v) is 5.11. The Bertz CT molecular complexity index is 702. The molecule has 0 atom stereocenters. The molecule has 29 heavy (non-hydrogen) atoms. The fourth-order valence-electron chi connectivity index (χ4n) is 5.11. The minimum absolute atomic E-state index is 0.0839. The summed E-state index contributed by atoms with van der Waals surface area (Å²) in [6.45, 7) is 5.81. The average molecular weight is 405 g/mol. The molecule has 160 valence electrons. The number of hydrogen-bond acceptors (Lipinski definition) is 4. The molecule has 3 aliphatic heterocycles. The first-order valence-electron chi connectivity index (χ1n) is 11.1. The van der Waals surface area contributed by atoms with Crippen molar-refractivity contribution in [3.8, 4) is 5.75 Å². The minimum atomic E-state index is -0.488. The normalized spacial score (nSPS) is 23.3. The average Bonchev–Trinajstić information content (AvgIpc) is 2.76. The Labute approximate surface area is 173 Å². The summed E-state index contributed by atoms with van der Waals surface area (Å²) in [7, 11) is 1.43. The summed E-state index contributed by atoms with van der Waals surface area (Å²) in [4.78, 5) is 17.2. The lowest BCUT2D eigenvalue weighted by atomic mass is 9.84. The quantitative estimate of drug-likeness (QED) is 0.767. The van der Waals surface area contributed by atoms with E-state index in [9.17, 15) is 9.18 Å². The number of methoxy groups -OCH3 is 1. The van der Waals surface area contributed by atoms with Crippen LogP contribution in [0.15, 0.2) is 18.2 Å². The van der Waals surface area contributed by atoms with Crippen molar-refractivity contribution < 1.29 is 18.7 Å². The van der Waals surface area contributed by atoms with Crippen LogP contribution < -0.4 is 4.74 Å². The van der Waals surface area contributed by atoms with E-state index >= 15 is 0 Å². The van der Waals surface area contributed by atoms with Crippen LogP contribution in [0.2, 0.25) is 0 Å². The van der Waals surface area contributed by atoms with Gasteiger partial charge in [-0.25, -0.2) is 4.39 Å². The molecular formula is C23H33FN2O3. The maximum atomic E-state index is 13.9. The minimum Gasteiger partial charge on any atom is -0.494 e. The van der Waals surface area contributed by atoms with Crippen molar-refractivity contribution in [3.63, 3.8) is 0 Å². The van der Waals surface area contributed by atoms with Crippen molar-refractivity contribution in [1.82, 2.24) is 9.80 Å². The van der Waals surface area contributed by atoms with E-state index in [1.165, 1.54) is 38.5 Å². The van der Waals surface area contributed by atoms with Gasteiger partial charge in [0.2, 0.25) is 0 Å². The predicted octanol–water partition coefficient (Wildman–Crippen LogP) is 3.72. The first-order chi connectivity index (χ1) is 14.1. The van der Waals surface area contributed by atoms with E-state index in [0.717, 1.165) is 65.0 Å². The molecule has 0 saturated carbocycles. The predicted molar refractivity (Wildman–Crippen MR) is 110 cm³/mol. The maximum absolute atomic E-state index is 13.9. The van der Waals surface area contributed by atoms with Crippen LogP contribution in [0.4, 0.5) is 4.39 Å². The molecule has 0 N–H and O–H groups in total. The molecule has 4 rings (SSSR count). The van der Waals surface area contributed by atoms with Gasteiger partial charge in [-0.3, -0.25) is 4.79 Å². The summed E-state index contributed by atoms with van der Waals surface area (Å²) >= 11 is 0. The molecule has 0 aromatic heterocycles. The Morgan fingerprint density at radius 1 is 1.17 bits per heavy atom. The van der Waals surface area contributed by atoms with E-state index in [1.54, 1.807) is 6.07 Å². The Morgan fingerprint density at radius 2 is 1.93 bits per heavy atom. The third-order valence-corrected chi connectivity index (χ3v) is 7.02. The van der Waals surface area contributed by atoms with E-state index in [-0.39, 0.29) is 17.3 Å². The lowest BCUT2D eigenvalue weighted by molar-refractivity contribution is -0.112. The first-order valence-corrected chi connectivity index (χ1v) is 11.1. The molecule has 0 aliphatic carbocycles. The number of rotatable bonds is 4. The number of amides is 1. The topological polar surface area (TPSA) is 42.0 Å². The zero-order valence-electron chi connectivity index (χ0n) is 17.5. The second-order valence-corrected chi connectivity index (χ2v) is 8.87. The molecule has 3 heterocycles. The number of ether oxygens (including phenoxy) is 2. The van der Waals surface area contributed by atoms with Crippen molar-refractivity contribution in [2.24, 2.45) is 5.92 Å². The van der Waals surface area contributed by atoms with Gasteiger partial charge in [0.15, 0.2) is 11.6 Å². The zero-order chi connectivity index (χ0) is 20.3. The lowest BCUT2D eigenvalue weighted by Gasteiger charge is -2.45. The highest BCUT2D eigenvalue weighted by Crippen LogP contribution is 2.35. The van der Waals surface area contributed by atoms with E-state index in [2.05, 4.69) is 4.90 Å². The number of halogens is 1. The van der Waals surface area contributed by atoms with E-state index < -0.39 is 5.82 Å². The molecule has 3 fully saturated rings. The number of benzene rings is 1. The maximum Gasteiger partial charge on any atom is 0.253 e. The number of nitrogens with zero attached hydrogens (tertiary/aromatic N) is 2. The summed E-state index contributed by atoms with van der Waals surface area (Å²) in [5.74, 6) is 0.229. The molecule has 1 amide bonds. The fraction of sp³-hybridized carbons (Fsp3) is 0.696. The Morgan fingerprint density at radius 3 is 2.55 bits per heavy atom. The van der Waals surface area contributed by atoms with Crippen molar-refractivity contribution in [3.05, 3.63) is 29.6 Å². The lowest BCUT2D eigenvalue weighted by Crippen LogP contribution is -2.49. The molecule has 1 aromatic rings. The molecular weight excluding hydrogens is 371 g/mol. The van der Waals surface area contributed by atoms with Crippen LogP contribution in [0, 0.1) is 11.7 Å². The number of carbonyl (C=O) groups is 1. The summed E-state index contributed by atoms with van der Waals surface area (Å²) in [6.07, 6.45) is 8.11. The van der Waals surface area contributed by atoms with Crippen LogP contribution in [0.25, 0.3) is 0 Å². The Kier molecular flexibility index (Phi) is 6.40. The summed E-state index contributed by atoms with van der Waals surface area (Å²) in [5.41, 5.74) is 0.564. The molecule has 3 saturated heterocycles. The second kappa shape index (κ2) is 9.00. The number of carbonyl (C=O) groups excluding carboxylic acids is 1. The molecule has 6 heteroatoms. The number of hydrogen-bond donors (Lipinski definition) is 0. The van der Waals surface area contributed by atoms with Gasteiger partial charge in [0, 0.05) is 44.9 Å². The largest absolute Gasteiger partial charge is 0.494 e. The van der Waals surface area contributed by atoms with Crippen LogP contribution in [0.3, 0.4) is 0 Å². The van der Waals surface area contributed by atoms with Gasteiger partial charge < -0.3 is 19.3 Å². The summed E-state index contributed by atoms with van der Waals surface area (Å²) < 4.78 is 25.0. The van der Waals surface area contributed by atoms with Crippen LogP contribution in [0.1, 0.15) is 55.3 Å². The van der Waals surface area contributed by atoms with Gasteiger partial charge in [0.1, 0.15) is 0 Å². The highest BCUT2D eigenvalue weighted by atomic mass is 19.1. The molecule has 5 nitrogen and oxygen atoms in total. The van der Waals surface area contributed by atoms with Crippen LogP contribution in [0.5, 0.6) is 5.75 Å². The van der Waals surface area contributed by atoms with Crippen LogP contribution in [-0.4, -0.2) is 67.7 Å². The standard InChI is InChI=1S/C23H33FN2O3/c1-28-21-5-4-19(16-20(21)24)22(27)26-11-6-18(7-12-26)17-25-13-9-23(10-14-25)8-2-3-15-29-23/h4-5,16,18H,2-3,6-15,17H2,1H3. The Hall–Kier alpha value is -1.66. The third-order valence-electron chi connectivity index (χ3n) is 7.02. The highest BCUT2D eigenvalue weighted by molar-refractivity contribution is 5.94. The second-order valence-electron chi connectivity index (χ2n) is 8.87. The van der Waals surface area contributed by atoms with Gasteiger partial charge in [-0.15, -0.1) is 0 Å². The molecule has 3 aliphatic rings. The van der Waals surface area contributed by atoms with Gasteiger partial charge in [0.25, 0.3) is 5.91 Å². The van der Waals surface area contributed by atoms with E-state index in [1.807, 2.05) is 4.90 Å². The summed E-state index contributed by atoms with van der Waals surface area (Å²) in [6, 6.07) is 4.45. The van der Waals surface area contributed by atoms with Gasteiger partial charge in [-0.05, 0) is 69.1 Å². The van der Waals surface area contributed by atoms with Crippen molar-refractivity contribution in [2.45, 2.75) is 50.5 Å². The van der Waals surface area contributed by atoms with Gasteiger partial charge in [-0.1, -0.05) is 0 Å². The van der Waals surface area contributed by atoms with Crippen LogP contribution >= 0.6 is 0 Å². The molecule has 1 spiro atoms. The molecule has 0 radical (unpaired) electrons. The monoisotopic (exact) mass is 404 g/mol. The number of piperidine rings is 2. The van der Waals surface area contributed by atoms with Gasteiger partial charge >= 0.3 is 0 Å². The van der Waals surface area contributed by atoms with Crippen LogP contribution in [-0.2, 0) is 4.74 Å². The zero-order valence-corrected chi connectivity index (χ0v) is 17.5. The van der Waals surface area contributed by atoms with Gasteiger partial charge in [-0.2, -0.15) is 0 Å². The van der Waals surface area contributed by atoms with E-state index in [4.69, 9.17) is 9.47 Å². The van der Waals surface area contributed by atoms with E-state index in [0.29, 0.717) is 11.5 Å². The SMILES string of the molecule is COc1ccc(C(=O)N2CCC(CN3CCC4(CCCCO4)CC3)CC2)cc1F. The first kappa shape index (κ1) is 20.6. The Balaban J connectivity index is 1.23.